The molecule has 318 valence electrons. The summed E-state index contributed by atoms with van der Waals surface area (Å²) in [5.41, 5.74) is 5.40. The van der Waals surface area contributed by atoms with Crippen LogP contribution in [0.2, 0.25) is 0 Å². The van der Waals surface area contributed by atoms with E-state index in [1.165, 1.54) is 14.2 Å². The number of carbonyl (C=O) groups excluding carboxylic acids is 4. The molecule has 0 aliphatic carbocycles. The van der Waals surface area contributed by atoms with E-state index in [4.69, 9.17) is 25.6 Å². The van der Waals surface area contributed by atoms with Gasteiger partial charge in [0.1, 0.15) is 23.7 Å². The highest BCUT2D eigenvalue weighted by atomic mass is 16.5. The van der Waals surface area contributed by atoms with Gasteiger partial charge in [-0.25, -0.2) is 19.6 Å². The lowest BCUT2D eigenvalue weighted by atomic mass is 9.99. The van der Waals surface area contributed by atoms with E-state index in [0.29, 0.717) is 37.8 Å². The molecule has 3 atom stereocenters. The summed E-state index contributed by atoms with van der Waals surface area (Å²) in [5, 5.41) is 7.31. The second-order valence-electron chi connectivity index (χ2n) is 15.6. The topological polar surface area (TPSA) is 184 Å². The number of benzene rings is 3. The third-order valence-electron chi connectivity index (χ3n) is 10.3. The van der Waals surface area contributed by atoms with Gasteiger partial charge in [0, 0.05) is 32.0 Å². The molecule has 3 aromatic carbocycles. The van der Waals surface area contributed by atoms with Gasteiger partial charge < -0.3 is 44.6 Å². The van der Waals surface area contributed by atoms with Crippen LogP contribution >= 0.6 is 0 Å². The largest absolute Gasteiger partial charge is 0.453 e. The number of H-pyrrole nitrogens is 2. The lowest BCUT2D eigenvalue weighted by molar-refractivity contribution is -0.136. The van der Waals surface area contributed by atoms with Gasteiger partial charge in [0.05, 0.1) is 56.8 Å². The fourth-order valence-electron chi connectivity index (χ4n) is 7.11. The molecule has 4 N–H and O–H groups in total. The summed E-state index contributed by atoms with van der Waals surface area (Å²) < 4.78 is 14.9. The first kappa shape index (κ1) is 44.7. The van der Waals surface area contributed by atoms with Crippen molar-refractivity contribution in [3.05, 3.63) is 72.4 Å². The molecule has 4 amide bonds. The quantitative estimate of drug-likeness (QED) is 0.0718. The fourth-order valence-corrected chi connectivity index (χ4v) is 7.11. The number of methoxy groups -OCH3 is 3. The van der Waals surface area contributed by atoms with Gasteiger partial charge in [0.2, 0.25) is 11.8 Å². The highest BCUT2D eigenvalue weighted by Gasteiger charge is 2.31. The lowest BCUT2D eigenvalue weighted by Crippen LogP contribution is -2.52. The van der Waals surface area contributed by atoms with Gasteiger partial charge in [-0.1, -0.05) is 77.1 Å². The van der Waals surface area contributed by atoms with E-state index in [1.54, 1.807) is 23.1 Å². The Hall–Kier alpha value is -6.40. The van der Waals surface area contributed by atoms with Gasteiger partial charge in [-0.2, -0.15) is 0 Å². The second-order valence-corrected chi connectivity index (χ2v) is 15.6. The molecule has 2 heterocycles. The molecule has 5 rings (SSSR count). The molecule has 5 aromatic rings. The lowest BCUT2D eigenvalue weighted by Gasteiger charge is -2.30. The van der Waals surface area contributed by atoms with E-state index in [-0.39, 0.29) is 42.7 Å². The molecule has 15 nitrogen and oxygen atoms in total. The summed E-state index contributed by atoms with van der Waals surface area (Å²) in [5.74, 6) is 2.98. The Kier molecular flexibility index (Phi) is 15.3. The number of hydrogen-bond donors (Lipinski definition) is 4. The van der Waals surface area contributed by atoms with Gasteiger partial charge in [0.25, 0.3) is 0 Å². The molecule has 0 aliphatic rings. The van der Waals surface area contributed by atoms with Crippen molar-refractivity contribution in [1.82, 2.24) is 40.4 Å². The van der Waals surface area contributed by atoms with Crippen molar-refractivity contribution in [3.8, 4) is 34.7 Å². The van der Waals surface area contributed by atoms with E-state index in [2.05, 4.69) is 55.8 Å². The average Bonchev–Trinajstić information content (AvgIpc) is 3.89. The summed E-state index contributed by atoms with van der Waals surface area (Å²) >= 11 is 0. The van der Waals surface area contributed by atoms with Crippen molar-refractivity contribution in [3.63, 3.8) is 0 Å². The maximum Gasteiger partial charge on any atom is 0.407 e. The minimum Gasteiger partial charge on any atom is -0.453 e. The number of imidazole rings is 2. The summed E-state index contributed by atoms with van der Waals surface area (Å²) in [4.78, 5) is 71.1. The monoisotopic (exact) mass is 820 g/mol. The van der Waals surface area contributed by atoms with Crippen LogP contribution in [-0.2, 0) is 36.9 Å². The Morgan fingerprint density at radius 2 is 1.37 bits per heavy atom. The number of aromatic amines is 2. The van der Waals surface area contributed by atoms with E-state index >= 15 is 0 Å². The predicted octanol–water partition coefficient (Wildman–Crippen LogP) is 6.50. The van der Waals surface area contributed by atoms with Crippen molar-refractivity contribution in [2.24, 2.45) is 17.8 Å². The minimum absolute atomic E-state index is 0.0409. The first-order valence-corrected chi connectivity index (χ1v) is 20.0. The number of hydrogen-bond acceptors (Lipinski definition) is 9. The van der Waals surface area contributed by atoms with E-state index in [1.807, 2.05) is 65.0 Å². The molecule has 0 bridgehead atoms. The first-order valence-electron chi connectivity index (χ1n) is 20.0. The average molecular weight is 821 g/mol. The van der Waals surface area contributed by atoms with Crippen LogP contribution in [0.3, 0.4) is 0 Å². The zero-order valence-electron chi connectivity index (χ0n) is 35.6. The number of ether oxygens (including phenoxy) is 3. The van der Waals surface area contributed by atoms with E-state index in [0.717, 1.165) is 44.2 Å². The van der Waals surface area contributed by atoms with Crippen LogP contribution in [0.5, 0.6) is 0 Å². The van der Waals surface area contributed by atoms with Crippen LogP contribution in [0.1, 0.15) is 52.7 Å². The summed E-state index contributed by atoms with van der Waals surface area (Å²) in [6.45, 7) is 11.0. The number of nitrogens with zero attached hydrogens (tertiary/aromatic N) is 4. The molecule has 2 aromatic heterocycles. The highest BCUT2D eigenvalue weighted by Crippen LogP contribution is 2.31. The van der Waals surface area contributed by atoms with Crippen LogP contribution < -0.4 is 10.6 Å². The zero-order valence-corrected chi connectivity index (χ0v) is 35.6. The number of amides is 4. The van der Waals surface area contributed by atoms with Crippen LogP contribution in [0, 0.1) is 30.1 Å². The predicted molar refractivity (Wildman–Crippen MR) is 230 cm³/mol. The Balaban J connectivity index is 1.33. The molecule has 0 radical (unpaired) electrons. The van der Waals surface area contributed by atoms with E-state index in [9.17, 15) is 19.2 Å². The molecular weight excluding hydrogens is 765 g/mol. The standard InChI is InChI=1S/C45H56N8O7/c1-10-11-20-52(42(54)39(27(2)3)50-44(56)59-8)24-37-46-22-36(48-37)31-14-12-30(13-15-31)32-16-18-34-33(21-32)17-19-35-41(34)49-38(47-35)25-53(23-29(6)26-58-7)43(55)40(28(4)5)51-45(57)60-9/h1,12-19,21-22,27-29,39-40H,11,20,23-26H2,2-9H3,(H,46,48)(H,47,49)(H,50,56)(H,51,57)/t29-,39-,40-/m0/s1. The van der Waals surface area contributed by atoms with Gasteiger partial charge in [-0.05, 0) is 52.0 Å². The third kappa shape index (κ3) is 11.0. The molecule has 0 spiro atoms. The number of terminal acetylenes is 1. The molecule has 0 saturated carbocycles. The number of carbonyl (C=O) groups is 4. The van der Waals surface area contributed by atoms with Gasteiger partial charge in [-0.15, -0.1) is 12.3 Å². The Bertz CT molecular complexity index is 2310. The molecular formula is C45H56N8O7. The second kappa shape index (κ2) is 20.5. The molecule has 15 heteroatoms. The maximum atomic E-state index is 13.9. The number of rotatable bonds is 18. The molecule has 0 saturated heterocycles. The summed E-state index contributed by atoms with van der Waals surface area (Å²) in [7, 11) is 4.16. The van der Waals surface area contributed by atoms with Crippen molar-refractivity contribution < 1.29 is 33.4 Å². The zero-order chi connectivity index (χ0) is 43.5. The van der Waals surface area contributed by atoms with Crippen molar-refractivity contribution >= 4 is 45.8 Å². The normalized spacial score (nSPS) is 12.8. The van der Waals surface area contributed by atoms with Gasteiger partial charge in [-0.3, -0.25) is 9.59 Å². The van der Waals surface area contributed by atoms with E-state index < -0.39 is 24.3 Å². The molecule has 0 aliphatic heterocycles. The number of aromatic nitrogens is 4. The third-order valence-corrected chi connectivity index (χ3v) is 10.3. The Morgan fingerprint density at radius 3 is 1.97 bits per heavy atom. The maximum absolute atomic E-state index is 13.9. The van der Waals surface area contributed by atoms with Crippen molar-refractivity contribution in [2.75, 3.05) is 41.0 Å². The Labute approximate surface area is 350 Å². The number of fused-ring (bicyclic) bond motifs is 3. The fraction of sp³-hybridized carbons (Fsp3) is 0.422. The SMILES string of the molecule is C#CCCN(Cc1ncc(-c2ccc(-c3ccc4c(ccc5[nH]c(CN(C[C@H](C)COC)C(=O)[C@@H](NC(=O)OC)C(C)C)nc54)c3)cc2)[nH]1)C(=O)[C@@H](NC(=O)OC)C(C)C. The van der Waals surface area contributed by atoms with Crippen LogP contribution in [-0.4, -0.2) is 107 Å². The molecule has 0 fully saturated rings. The summed E-state index contributed by atoms with van der Waals surface area (Å²) in [6.07, 6.45) is 6.27. The highest BCUT2D eigenvalue weighted by molar-refractivity contribution is 6.05. The van der Waals surface area contributed by atoms with Crippen molar-refractivity contribution in [1.29, 1.82) is 0 Å². The van der Waals surface area contributed by atoms with Gasteiger partial charge in [0.15, 0.2) is 0 Å². The molecule has 60 heavy (non-hydrogen) atoms. The summed E-state index contributed by atoms with van der Waals surface area (Å²) in [6, 6.07) is 16.9. The number of alkyl carbamates (subject to hydrolysis) is 2. The minimum atomic E-state index is -0.787. The number of nitrogens with one attached hydrogen (secondary N) is 4. The van der Waals surface area contributed by atoms with Crippen molar-refractivity contribution in [2.45, 2.75) is 66.2 Å². The van der Waals surface area contributed by atoms with Crippen LogP contribution in [0.25, 0.3) is 44.2 Å². The first-order chi connectivity index (χ1) is 28.8. The Morgan fingerprint density at radius 1 is 0.767 bits per heavy atom. The van der Waals surface area contributed by atoms with Crippen LogP contribution in [0.4, 0.5) is 9.59 Å². The molecule has 0 unspecified atom stereocenters. The van der Waals surface area contributed by atoms with Crippen LogP contribution in [0.15, 0.2) is 60.8 Å². The van der Waals surface area contributed by atoms with Gasteiger partial charge >= 0.3 is 12.2 Å². The smallest absolute Gasteiger partial charge is 0.407 e.